The molecule has 0 heterocycles. The van der Waals surface area contributed by atoms with Crippen LogP contribution in [0.1, 0.15) is 41.5 Å². The molecule has 0 saturated heterocycles. The van der Waals surface area contributed by atoms with E-state index in [2.05, 4.69) is 41.5 Å². The second-order valence-corrected chi connectivity index (χ2v) is 10.3. The Balaban J connectivity index is 4.82. The maximum atomic E-state index is 9.18. The first-order valence-corrected chi connectivity index (χ1v) is 7.55. The molecule has 0 aliphatic heterocycles. The third-order valence-electron chi connectivity index (χ3n) is 3.37. The van der Waals surface area contributed by atoms with Gasteiger partial charge in [0.05, 0.1) is 29.7 Å². The highest BCUT2D eigenvalue weighted by Gasteiger charge is 2.46. The van der Waals surface area contributed by atoms with Crippen LogP contribution in [-0.2, 0) is 0 Å². The van der Waals surface area contributed by atoms with E-state index < -0.39 is 7.26 Å². The Morgan fingerprint density at radius 1 is 0.846 bits per heavy atom. The molecule has 0 aromatic rings. The molecule has 0 aliphatic carbocycles. The van der Waals surface area contributed by atoms with Gasteiger partial charge in [0.1, 0.15) is 0 Å². The Kier molecular flexibility index (Phi) is 5.47. The highest BCUT2D eigenvalue weighted by molar-refractivity contribution is 7.77. The Hall–Kier alpha value is 0.390. The average Bonchev–Trinajstić information content (AvgIpc) is 1.97. The van der Waals surface area contributed by atoms with Crippen molar-refractivity contribution < 1.29 is 5.11 Å². The van der Waals surface area contributed by atoms with Crippen LogP contribution >= 0.6 is 7.26 Å². The van der Waals surface area contributed by atoms with Crippen molar-refractivity contribution in [3.63, 3.8) is 0 Å². The minimum Gasteiger partial charge on any atom is -0.393 e. The molecule has 0 aliphatic rings. The van der Waals surface area contributed by atoms with E-state index >= 15 is 0 Å². The molecular weight excluding hydrogens is 179 g/mol. The molecule has 0 rings (SSSR count). The van der Waals surface area contributed by atoms with E-state index in [1.54, 1.807) is 0 Å². The summed E-state index contributed by atoms with van der Waals surface area (Å²) in [6.45, 7) is 14.3. The van der Waals surface area contributed by atoms with Gasteiger partial charge in [0.2, 0.25) is 0 Å². The summed E-state index contributed by atoms with van der Waals surface area (Å²) in [4.78, 5) is 0. The first-order valence-electron chi connectivity index (χ1n) is 5.37. The molecule has 0 atom stereocenters. The molecular formula is C11H26OP+. The van der Waals surface area contributed by atoms with Gasteiger partial charge in [-0.25, -0.2) is 0 Å². The summed E-state index contributed by atoms with van der Waals surface area (Å²) >= 11 is 0. The summed E-state index contributed by atoms with van der Waals surface area (Å²) in [5.41, 5.74) is 2.25. The zero-order valence-corrected chi connectivity index (χ0v) is 10.9. The molecule has 2 heteroatoms. The van der Waals surface area contributed by atoms with E-state index in [1.807, 2.05) is 0 Å². The lowest BCUT2D eigenvalue weighted by Crippen LogP contribution is -2.27. The monoisotopic (exact) mass is 205 g/mol. The summed E-state index contributed by atoms with van der Waals surface area (Å²) in [5.74, 6) is 0. The standard InChI is InChI=1S/C11H26OP/c1-9(2)13(8-7-12,10(3)4)11(5)6/h9-12H,7-8H2,1-6H3/q+1. The molecule has 0 aromatic heterocycles. The number of hydrogen-bond acceptors (Lipinski definition) is 1. The summed E-state index contributed by atoms with van der Waals surface area (Å²) in [7, 11) is -0.962. The molecule has 1 nitrogen and oxygen atoms in total. The average molecular weight is 205 g/mol. The van der Waals surface area contributed by atoms with Gasteiger partial charge in [0.15, 0.2) is 0 Å². The SMILES string of the molecule is CC(C)[P+](CCO)(C(C)C)C(C)C. The maximum Gasteiger partial charge on any atom is 0.0832 e. The molecule has 80 valence electrons. The topological polar surface area (TPSA) is 20.2 Å². The van der Waals surface area contributed by atoms with Crippen molar-refractivity contribution in [3.05, 3.63) is 0 Å². The fourth-order valence-electron chi connectivity index (χ4n) is 2.74. The summed E-state index contributed by atoms with van der Waals surface area (Å²) in [5, 5.41) is 9.18. The summed E-state index contributed by atoms with van der Waals surface area (Å²) < 4.78 is 0. The normalized spacial score (nSPS) is 13.4. The van der Waals surface area contributed by atoms with Gasteiger partial charge >= 0.3 is 0 Å². The van der Waals surface area contributed by atoms with Crippen molar-refractivity contribution in [1.29, 1.82) is 0 Å². The van der Waals surface area contributed by atoms with Gasteiger partial charge in [-0.15, -0.1) is 0 Å². The van der Waals surface area contributed by atoms with Crippen LogP contribution in [0.5, 0.6) is 0 Å². The van der Waals surface area contributed by atoms with Crippen LogP contribution in [0.2, 0.25) is 0 Å². The van der Waals surface area contributed by atoms with Crippen molar-refractivity contribution in [2.24, 2.45) is 0 Å². The quantitative estimate of drug-likeness (QED) is 0.683. The Morgan fingerprint density at radius 2 is 1.15 bits per heavy atom. The lowest BCUT2D eigenvalue weighted by Gasteiger charge is -2.38. The second-order valence-electron chi connectivity index (χ2n) is 4.72. The number of rotatable bonds is 5. The molecule has 0 unspecified atom stereocenters. The molecule has 0 amide bonds. The molecule has 0 aromatic carbocycles. The number of aliphatic hydroxyl groups is 1. The van der Waals surface area contributed by atoms with Gasteiger partial charge < -0.3 is 5.11 Å². The first kappa shape index (κ1) is 13.4. The second kappa shape index (κ2) is 5.32. The van der Waals surface area contributed by atoms with E-state index in [0.29, 0.717) is 6.61 Å². The van der Waals surface area contributed by atoms with Crippen LogP contribution in [0.15, 0.2) is 0 Å². The molecule has 13 heavy (non-hydrogen) atoms. The lowest BCUT2D eigenvalue weighted by atomic mass is 10.5. The molecule has 0 saturated carbocycles. The van der Waals surface area contributed by atoms with Gasteiger partial charge in [-0.3, -0.25) is 0 Å². The smallest absolute Gasteiger partial charge is 0.0832 e. The number of aliphatic hydroxyl groups excluding tert-OH is 1. The summed E-state index contributed by atoms with van der Waals surface area (Å²) in [6.07, 6.45) is 1.04. The zero-order chi connectivity index (χ0) is 10.6. The minimum atomic E-state index is -0.962. The Labute approximate surface area is 84.3 Å². The van der Waals surface area contributed by atoms with Crippen molar-refractivity contribution >= 4 is 7.26 Å². The van der Waals surface area contributed by atoms with E-state index in [-0.39, 0.29) is 0 Å². The van der Waals surface area contributed by atoms with Gasteiger partial charge in [0, 0.05) is 7.26 Å². The fourth-order valence-corrected chi connectivity index (χ4v) is 8.21. The van der Waals surface area contributed by atoms with Crippen molar-refractivity contribution in [2.75, 3.05) is 12.8 Å². The molecule has 0 spiro atoms. The predicted molar refractivity (Wildman–Crippen MR) is 64.3 cm³/mol. The fraction of sp³-hybridized carbons (Fsp3) is 1.00. The molecule has 0 bridgehead atoms. The van der Waals surface area contributed by atoms with Gasteiger partial charge in [0.25, 0.3) is 0 Å². The highest BCUT2D eigenvalue weighted by Crippen LogP contribution is 2.69. The van der Waals surface area contributed by atoms with Crippen LogP contribution in [0.3, 0.4) is 0 Å². The van der Waals surface area contributed by atoms with Crippen LogP contribution < -0.4 is 0 Å². The van der Waals surface area contributed by atoms with Gasteiger partial charge in [-0.05, 0) is 41.5 Å². The largest absolute Gasteiger partial charge is 0.393 e. The Morgan fingerprint density at radius 3 is 1.23 bits per heavy atom. The Bertz CT molecular complexity index is 119. The van der Waals surface area contributed by atoms with Crippen LogP contribution in [0, 0.1) is 0 Å². The van der Waals surface area contributed by atoms with E-state index in [4.69, 9.17) is 0 Å². The molecule has 1 N–H and O–H groups in total. The predicted octanol–water partition coefficient (Wildman–Crippen LogP) is 3.22. The van der Waals surface area contributed by atoms with Crippen LogP contribution in [-0.4, -0.2) is 34.9 Å². The first-order chi connectivity index (χ1) is 5.89. The van der Waals surface area contributed by atoms with Crippen molar-refractivity contribution in [1.82, 2.24) is 0 Å². The van der Waals surface area contributed by atoms with E-state index in [1.165, 1.54) is 0 Å². The van der Waals surface area contributed by atoms with E-state index in [9.17, 15) is 5.11 Å². The van der Waals surface area contributed by atoms with Crippen molar-refractivity contribution in [3.8, 4) is 0 Å². The zero-order valence-electron chi connectivity index (χ0n) is 10.0. The third kappa shape index (κ3) is 2.67. The highest BCUT2D eigenvalue weighted by atomic mass is 31.2. The molecule has 0 radical (unpaired) electrons. The van der Waals surface area contributed by atoms with Gasteiger partial charge in [-0.2, -0.15) is 0 Å². The molecule has 0 fully saturated rings. The minimum absolute atomic E-state index is 0.363. The van der Waals surface area contributed by atoms with E-state index in [0.717, 1.165) is 23.1 Å². The van der Waals surface area contributed by atoms with Crippen LogP contribution in [0.25, 0.3) is 0 Å². The number of hydrogen-bond donors (Lipinski definition) is 1. The van der Waals surface area contributed by atoms with Gasteiger partial charge in [-0.1, -0.05) is 0 Å². The van der Waals surface area contributed by atoms with Crippen LogP contribution in [0.4, 0.5) is 0 Å². The lowest BCUT2D eigenvalue weighted by molar-refractivity contribution is 0.320. The maximum absolute atomic E-state index is 9.18. The summed E-state index contributed by atoms with van der Waals surface area (Å²) in [6, 6.07) is 0. The third-order valence-corrected chi connectivity index (χ3v) is 10.1. The van der Waals surface area contributed by atoms with Crippen molar-refractivity contribution in [2.45, 2.75) is 58.5 Å².